The van der Waals surface area contributed by atoms with Crippen molar-refractivity contribution in [2.75, 3.05) is 30.8 Å². The van der Waals surface area contributed by atoms with Crippen molar-refractivity contribution in [3.63, 3.8) is 0 Å². The maximum absolute atomic E-state index is 11.7. The van der Waals surface area contributed by atoms with Crippen LogP contribution in [0, 0.1) is 5.92 Å². The first-order chi connectivity index (χ1) is 10.1. The minimum atomic E-state index is -0.00231. The summed E-state index contributed by atoms with van der Waals surface area (Å²) in [7, 11) is 2.20. The van der Waals surface area contributed by atoms with Gasteiger partial charge in [0.1, 0.15) is 0 Å². The summed E-state index contributed by atoms with van der Waals surface area (Å²) in [5.74, 6) is 0.0525. The minimum Gasteiger partial charge on any atom is -0.383 e. The highest BCUT2D eigenvalue weighted by molar-refractivity contribution is 5.92. The van der Waals surface area contributed by atoms with Gasteiger partial charge in [-0.05, 0) is 44.6 Å². The summed E-state index contributed by atoms with van der Waals surface area (Å²) in [6.45, 7) is 5.95. The zero-order valence-corrected chi connectivity index (χ0v) is 13.4. The van der Waals surface area contributed by atoms with Crippen molar-refractivity contribution in [2.24, 2.45) is 5.92 Å². The Hall–Kier alpha value is -1.55. The number of benzene rings is 1. The molecule has 1 aliphatic rings. The van der Waals surface area contributed by atoms with Crippen molar-refractivity contribution in [1.82, 2.24) is 4.90 Å². The lowest BCUT2D eigenvalue weighted by Gasteiger charge is -2.32. The van der Waals surface area contributed by atoms with Gasteiger partial charge in [0.05, 0.1) is 0 Å². The summed E-state index contributed by atoms with van der Waals surface area (Å²) in [5, 5.41) is 6.43. The molecule has 1 amide bonds. The summed E-state index contributed by atoms with van der Waals surface area (Å²) in [6, 6.07) is 8.56. The number of carbonyl (C=O) groups excluding carboxylic acids is 1. The Bertz CT molecular complexity index is 473. The van der Waals surface area contributed by atoms with Gasteiger partial charge in [-0.2, -0.15) is 0 Å². The van der Waals surface area contributed by atoms with E-state index in [-0.39, 0.29) is 11.8 Å². The van der Waals surface area contributed by atoms with Gasteiger partial charge < -0.3 is 15.5 Å². The Balaban J connectivity index is 1.90. The third-order valence-electron chi connectivity index (χ3n) is 4.12. The van der Waals surface area contributed by atoms with Crippen molar-refractivity contribution in [2.45, 2.75) is 39.2 Å². The predicted molar refractivity (Wildman–Crippen MR) is 88.7 cm³/mol. The van der Waals surface area contributed by atoms with Gasteiger partial charge in [-0.15, -0.1) is 0 Å². The average Bonchev–Trinajstić information content (AvgIpc) is 2.46. The van der Waals surface area contributed by atoms with E-state index in [1.54, 1.807) is 0 Å². The number of hydrogen-bond donors (Lipinski definition) is 2. The third-order valence-corrected chi connectivity index (χ3v) is 4.12. The van der Waals surface area contributed by atoms with Crippen LogP contribution >= 0.6 is 0 Å². The lowest BCUT2D eigenvalue weighted by Crippen LogP contribution is -2.40. The van der Waals surface area contributed by atoms with E-state index < -0.39 is 0 Å². The Morgan fingerprint density at radius 2 is 2.10 bits per heavy atom. The normalized spacial score (nSPS) is 19.5. The molecule has 1 heterocycles. The Morgan fingerprint density at radius 3 is 2.81 bits per heavy atom. The molecule has 4 heteroatoms. The number of piperidine rings is 1. The first-order valence-corrected chi connectivity index (χ1v) is 7.91. The van der Waals surface area contributed by atoms with Gasteiger partial charge in [0.2, 0.25) is 5.91 Å². The van der Waals surface area contributed by atoms with E-state index in [1.165, 1.54) is 25.8 Å². The molecule has 0 aromatic heterocycles. The Labute approximate surface area is 127 Å². The number of likely N-dealkylation sites (tertiary alicyclic amines) is 1. The van der Waals surface area contributed by atoms with Gasteiger partial charge in [0.25, 0.3) is 0 Å². The standard InChI is InChI=1S/C17H27N3O/c1-13(2)17(21)19-15-8-6-7-14(11-15)18-12-16-9-4-5-10-20(16)3/h6-8,11,13,16,18H,4-5,9-10,12H2,1-3H3,(H,19,21). The third kappa shape index (κ3) is 4.74. The second-order valence-corrected chi connectivity index (χ2v) is 6.24. The topological polar surface area (TPSA) is 44.4 Å². The monoisotopic (exact) mass is 289 g/mol. The van der Waals surface area contributed by atoms with Gasteiger partial charge in [0, 0.05) is 29.9 Å². The van der Waals surface area contributed by atoms with E-state index in [4.69, 9.17) is 0 Å². The average molecular weight is 289 g/mol. The first kappa shape index (κ1) is 15.8. The summed E-state index contributed by atoms with van der Waals surface area (Å²) in [4.78, 5) is 14.2. The molecule has 4 nitrogen and oxygen atoms in total. The maximum Gasteiger partial charge on any atom is 0.226 e. The summed E-state index contributed by atoms with van der Waals surface area (Å²) < 4.78 is 0. The highest BCUT2D eigenvalue weighted by atomic mass is 16.1. The molecule has 1 saturated heterocycles. The zero-order valence-electron chi connectivity index (χ0n) is 13.4. The van der Waals surface area contributed by atoms with Crippen molar-refractivity contribution in [3.8, 4) is 0 Å². The summed E-state index contributed by atoms with van der Waals surface area (Å²) in [6.07, 6.45) is 3.89. The van der Waals surface area contributed by atoms with Gasteiger partial charge in [0.15, 0.2) is 0 Å². The SMILES string of the molecule is CC(C)C(=O)Nc1cccc(NCC2CCCCN2C)c1. The van der Waals surface area contributed by atoms with Crippen LogP contribution in [0.4, 0.5) is 11.4 Å². The minimum absolute atomic E-state index is 0.00231. The van der Waals surface area contributed by atoms with Crippen molar-refractivity contribution < 1.29 is 4.79 Å². The molecule has 2 N–H and O–H groups in total. The number of anilines is 2. The number of nitrogens with one attached hydrogen (secondary N) is 2. The lowest BCUT2D eigenvalue weighted by atomic mass is 10.0. The molecule has 0 aliphatic carbocycles. The smallest absolute Gasteiger partial charge is 0.226 e. The highest BCUT2D eigenvalue weighted by Crippen LogP contribution is 2.19. The molecule has 116 valence electrons. The Kier molecular flexibility index (Phi) is 5.62. The second-order valence-electron chi connectivity index (χ2n) is 6.24. The van der Waals surface area contributed by atoms with Crippen LogP contribution in [0.1, 0.15) is 33.1 Å². The van der Waals surface area contributed by atoms with Gasteiger partial charge in [-0.1, -0.05) is 26.3 Å². The van der Waals surface area contributed by atoms with E-state index >= 15 is 0 Å². The van der Waals surface area contributed by atoms with Crippen LogP contribution in [0.5, 0.6) is 0 Å². The largest absolute Gasteiger partial charge is 0.383 e. The molecular formula is C17H27N3O. The highest BCUT2D eigenvalue weighted by Gasteiger charge is 2.18. The molecular weight excluding hydrogens is 262 g/mol. The van der Waals surface area contributed by atoms with Crippen LogP contribution in [-0.2, 0) is 4.79 Å². The number of nitrogens with zero attached hydrogens (tertiary/aromatic N) is 1. The number of amides is 1. The van der Waals surface area contributed by atoms with Crippen LogP contribution in [0.2, 0.25) is 0 Å². The van der Waals surface area contributed by atoms with E-state index in [9.17, 15) is 4.79 Å². The zero-order chi connectivity index (χ0) is 15.2. The molecule has 1 atom stereocenters. The second kappa shape index (κ2) is 7.46. The number of carbonyl (C=O) groups is 1. The molecule has 1 unspecified atom stereocenters. The fourth-order valence-corrected chi connectivity index (χ4v) is 2.63. The van der Waals surface area contributed by atoms with Gasteiger partial charge in [-0.3, -0.25) is 4.79 Å². The molecule has 0 spiro atoms. The van der Waals surface area contributed by atoms with Crippen molar-refractivity contribution >= 4 is 17.3 Å². The first-order valence-electron chi connectivity index (χ1n) is 7.91. The predicted octanol–water partition coefficient (Wildman–Crippen LogP) is 3.18. The maximum atomic E-state index is 11.7. The van der Waals surface area contributed by atoms with E-state index in [2.05, 4.69) is 22.6 Å². The van der Waals surface area contributed by atoms with Crippen molar-refractivity contribution in [1.29, 1.82) is 0 Å². The molecule has 0 saturated carbocycles. The quantitative estimate of drug-likeness (QED) is 0.875. The molecule has 1 aromatic rings. The van der Waals surface area contributed by atoms with Gasteiger partial charge >= 0.3 is 0 Å². The van der Waals surface area contributed by atoms with Crippen LogP contribution in [0.15, 0.2) is 24.3 Å². The Morgan fingerprint density at radius 1 is 1.33 bits per heavy atom. The summed E-state index contributed by atoms with van der Waals surface area (Å²) in [5.41, 5.74) is 1.92. The molecule has 0 bridgehead atoms. The van der Waals surface area contributed by atoms with Crippen LogP contribution in [-0.4, -0.2) is 37.0 Å². The molecule has 1 fully saturated rings. The molecule has 1 aromatic carbocycles. The van der Waals surface area contributed by atoms with E-state index in [0.29, 0.717) is 6.04 Å². The van der Waals surface area contributed by atoms with E-state index in [0.717, 1.165) is 17.9 Å². The van der Waals surface area contributed by atoms with Gasteiger partial charge in [-0.25, -0.2) is 0 Å². The number of rotatable bonds is 5. The number of likely N-dealkylation sites (N-methyl/N-ethyl adjacent to an activating group) is 1. The van der Waals surface area contributed by atoms with Crippen LogP contribution in [0.3, 0.4) is 0 Å². The summed E-state index contributed by atoms with van der Waals surface area (Å²) >= 11 is 0. The van der Waals surface area contributed by atoms with Crippen LogP contribution in [0.25, 0.3) is 0 Å². The molecule has 1 aliphatic heterocycles. The van der Waals surface area contributed by atoms with Crippen molar-refractivity contribution in [3.05, 3.63) is 24.3 Å². The molecule has 21 heavy (non-hydrogen) atoms. The number of hydrogen-bond acceptors (Lipinski definition) is 3. The molecule has 2 rings (SSSR count). The lowest BCUT2D eigenvalue weighted by molar-refractivity contribution is -0.118. The fourth-order valence-electron chi connectivity index (χ4n) is 2.63. The fraction of sp³-hybridized carbons (Fsp3) is 0.588. The van der Waals surface area contributed by atoms with Crippen LogP contribution < -0.4 is 10.6 Å². The van der Waals surface area contributed by atoms with E-state index in [1.807, 2.05) is 38.1 Å². The molecule has 0 radical (unpaired) electrons.